The van der Waals surface area contributed by atoms with E-state index in [2.05, 4.69) is 0 Å². The lowest BCUT2D eigenvalue weighted by Gasteiger charge is -2.03. The molecule has 0 spiro atoms. The summed E-state index contributed by atoms with van der Waals surface area (Å²) in [5, 5.41) is 12.0. The van der Waals surface area contributed by atoms with Crippen molar-refractivity contribution in [3.05, 3.63) is 52.1 Å². The predicted octanol–water partition coefficient (Wildman–Crippen LogP) is 1.85. The fourth-order valence-electron chi connectivity index (χ4n) is 1.67. The second-order valence-corrected chi connectivity index (χ2v) is 3.30. The minimum atomic E-state index is -0.788. The second kappa shape index (κ2) is 3.62. The molecule has 0 bridgehead atoms. The number of carbonyl (C=O) groups excluding carboxylic acids is 1. The highest BCUT2D eigenvalue weighted by molar-refractivity contribution is 6.09. The SMILES string of the molecule is NC(=O)c1c([N+](=O)[O-])ccc2ccccc12. The van der Waals surface area contributed by atoms with Gasteiger partial charge < -0.3 is 5.73 Å². The molecular formula is C11H8N2O3. The van der Waals surface area contributed by atoms with Gasteiger partial charge in [0.1, 0.15) is 5.56 Å². The zero-order valence-electron chi connectivity index (χ0n) is 8.21. The van der Waals surface area contributed by atoms with E-state index in [-0.39, 0.29) is 11.3 Å². The Morgan fingerprint density at radius 1 is 1.19 bits per heavy atom. The van der Waals surface area contributed by atoms with E-state index in [1.54, 1.807) is 30.3 Å². The maximum Gasteiger partial charge on any atom is 0.282 e. The van der Waals surface area contributed by atoms with Crippen molar-refractivity contribution in [3.63, 3.8) is 0 Å². The first-order valence-corrected chi connectivity index (χ1v) is 4.57. The number of amides is 1. The van der Waals surface area contributed by atoms with E-state index >= 15 is 0 Å². The number of primary amides is 1. The van der Waals surface area contributed by atoms with E-state index in [0.29, 0.717) is 5.39 Å². The smallest absolute Gasteiger partial charge is 0.282 e. The van der Waals surface area contributed by atoms with Crippen molar-refractivity contribution < 1.29 is 9.72 Å². The fraction of sp³-hybridized carbons (Fsp3) is 0. The van der Waals surface area contributed by atoms with Crippen LogP contribution < -0.4 is 5.73 Å². The molecule has 16 heavy (non-hydrogen) atoms. The Morgan fingerprint density at radius 3 is 2.50 bits per heavy atom. The highest BCUT2D eigenvalue weighted by Crippen LogP contribution is 2.27. The van der Waals surface area contributed by atoms with Gasteiger partial charge in [-0.15, -0.1) is 0 Å². The lowest BCUT2D eigenvalue weighted by atomic mass is 10.0. The van der Waals surface area contributed by atoms with Crippen molar-refractivity contribution in [3.8, 4) is 0 Å². The van der Waals surface area contributed by atoms with E-state index < -0.39 is 10.8 Å². The van der Waals surface area contributed by atoms with Gasteiger partial charge in [0, 0.05) is 11.5 Å². The number of nitro benzene ring substituents is 1. The summed E-state index contributed by atoms with van der Waals surface area (Å²) in [6.07, 6.45) is 0. The van der Waals surface area contributed by atoms with Crippen LogP contribution in [0, 0.1) is 10.1 Å². The van der Waals surface area contributed by atoms with E-state index in [1.165, 1.54) is 6.07 Å². The standard InChI is InChI=1S/C11H8N2O3/c12-11(14)10-8-4-2-1-3-7(8)5-6-9(10)13(15)16/h1-6H,(H2,12,14). The first-order valence-electron chi connectivity index (χ1n) is 4.57. The van der Waals surface area contributed by atoms with Crippen LogP contribution in [0.25, 0.3) is 10.8 Å². The Hall–Kier alpha value is -2.43. The van der Waals surface area contributed by atoms with Crippen molar-refractivity contribution in [1.82, 2.24) is 0 Å². The third-order valence-electron chi connectivity index (χ3n) is 2.35. The maximum absolute atomic E-state index is 11.3. The van der Waals surface area contributed by atoms with Crippen molar-refractivity contribution in [2.45, 2.75) is 0 Å². The molecule has 0 aliphatic heterocycles. The Labute approximate surface area is 90.6 Å². The summed E-state index contributed by atoms with van der Waals surface area (Å²) in [6.45, 7) is 0. The summed E-state index contributed by atoms with van der Waals surface area (Å²) in [5.41, 5.74) is 4.88. The predicted molar refractivity (Wildman–Crippen MR) is 59.1 cm³/mol. The molecule has 2 rings (SSSR count). The van der Waals surface area contributed by atoms with Crippen molar-refractivity contribution in [2.24, 2.45) is 5.73 Å². The topological polar surface area (TPSA) is 86.2 Å². The number of benzene rings is 2. The van der Waals surface area contributed by atoms with Gasteiger partial charge in [0.2, 0.25) is 0 Å². The number of nitro groups is 1. The van der Waals surface area contributed by atoms with E-state index in [9.17, 15) is 14.9 Å². The number of nitrogens with two attached hydrogens (primary N) is 1. The summed E-state index contributed by atoms with van der Waals surface area (Å²) in [7, 11) is 0. The largest absolute Gasteiger partial charge is 0.365 e. The van der Waals surface area contributed by atoms with E-state index in [1.807, 2.05) is 0 Å². The van der Waals surface area contributed by atoms with Gasteiger partial charge in [0.05, 0.1) is 4.92 Å². The lowest BCUT2D eigenvalue weighted by Crippen LogP contribution is -2.13. The van der Waals surface area contributed by atoms with Crippen LogP contribution in [0.15, 0.2) is 36.4 Å². The third-order valence-corrected chi connectivity index (χ3v) is 2.35. The molecule has 5 heteroatoms. The van der Waals surface area contributed by atoms with Gasteiger partial charge in [-0.1, -0.05) is 24.3 Å². The van der Waals surface area contributed by atoms with Crippen LogP contribution in [0.5, 0.6) is 0 Å². The first kappa shape index (κ1) is 10.1. The monoisotopic (exact) mass is 216 g/mol. The molecule has 0 aliphatic rings. The molecule has 0 heterocycles. The third kappa shape index (κ3) is 1.48. The van der Waals surface area contributed by atoms with E-state index in [0.717, 1.165) is 5.39 Å². The molecule has 2 aromatic carbocycles. The Balaban J connectivity index is 2.90. The quantitative estimate of drug-likeness (QED) is 0.613. The van der Waals surface area contributed by atoms with Crippen LogP contribution >= 0.6 is 0 Å². The molecule has 0 aromatic heterocycles. The summed E-state index contributed by atoms with van der Waals surface area (Å²) in [4.78, 5) is 21.4. The average Bonchev–Trinajstić information content (AvgIpc) is 2.27. The van der Waals surface area contributed by atoms with Gasteiger partial charge in [-0.2, -0.15) is 0 Å². The molecule has 0 fully saturated rings. The number of fused-ring (bicyclic) bond motifs is 1. The van der Waals surface area contributed by atoms with Gasteiger partial charge in [-0.25, -0.2) is 0 Å². The Bertz CT molecular complexity index is 593. The minimum absolute atomic E-state index is 0.0388. The van der Waals surface area contributed by atoms with Crippen LogP contribution in [0.2, 0.25) is 0 Å². The summed E-state index contributed by atoms with van der Waals surface area (Å²) >= 11 is 0. The van der Waals surface area contributed by atoms with Crippen molar-refractivity contribution >= 4 is 22.4 Å². The van der Waals surface area contributed by atoms with Crippen LogP contribution in [0.4, 0.5) is 5.69 Å². The van der Waals surface area contributed by atoms with Gasteiger partial charge >= 0.3 is 0 Å². The van der Waals surface area contributed by atoms with Gasteiger partial charge in [0.25, 0.3) is 11.6 Å². The molecule has 5 nitrogen and oxygen atoms in total. The number of carbonyl (C=O) groups is 1. The summed E-state index contributed by atoms with van der Waals surface area (Å²) in [6, 6.07) is 9.80. The molecule has 0 saturated carbocycles. The second-order valence-electron chi connectivity index (χ2n) is 3.30. The summed E-state index contributed by atoms with van der Waals surface area (Å²) < 4.78 is 0. The van der Waals surface area contributed by atoms with Crippen LogP contribution in [-0.4, -0.2) is 10.8 Å². The molecule has 0 saturated heterocycles. The number of rotatable bonds is 2. The normalized spacial score (nSPS) is 10.2. The maximum atomic E-state index is 11.3. The molecule has 80 valence electrons. The Kier molecular flexibility index (Phi) is 2.28. The molecule has 2 N–H and O–H groups in total. The molecule has 0 radical (unpaired) electrons. The van der Waals surface area contributed by atoms with Gasteiger partial charge in [-0.05, 0) is 11.5 Å². The molecule has 1 amide bonds. The zero-order chi connectivity index (χ0) is 11.7. The molecule has 0 atom stereocenters. The van der Waals surface area contributed by atoms with E-state index in [4.69, 9.17) is 5.73 Å². The van der Waals surface area contributed by atoms with Crippen molar-refractivity contribution in [2.75, 3.05) is 0 Å². The zero-order valence-corrected chi connectivity index (χ0v) is 8.21. The molecule has 0 unspecified atom stereocenters. The molecular weight excluding hydrogens is 208 g/mol. The molecule has 0 aliphatic carbocycles. The van der Waals surface area contributed by atoms with Gasteiger partial charge in [0.15, 0.2) is 0 Å². The van der Waals surface area contributed by atoms with Crippen molar-refractivity contribution in [1.29, 1.82) is 0 Å². The lowest BCUT2D eigenvalue weighted by molar-refractivity contribution is -0.385. The summed E-state index contributed by atoms with van der Waals surface area (Å²) in [5.74, 6) is -0.788. The number of hydrogen-bond donors (Lipinski definition) is 1. The fourth-order valence-corrected chi connectivity index (χ4v) is 1.67. The van der Waals surface area contributed by atoms with Crippen LogP contribution in [0.1, 0.15) is 10.4 Å². The average molecular weight is 216 g/mol. The first-order chi connectivity index (χ1) is 7.61. The molecule has 2 aromatic rings. The van der Waals surface area contributed by atoms with Crippen LogP contribution in [0.3, 0.4) is 0 Å². The Morgan fingerprint density at radius 2 is 1.88 bits per heavy atom. The number of hydrogen-bond acceptors (Lipinski definition) is 3. The van der Waals surface area contributed by atoms with Crippen LogP contribution in [-0.2, 0) is 0 Å². The number of nitrogens with zero attached hydrogens (tertiary/aromatic N) is 1. The minimum Gasteiger partial charge on any atom is -0.365 e. The van der Waals surface area contributed by atoms with Gasteiger partial charge in [-0.3, -0.25) is 14.9 Å². The highest BCUT2D eigenvalue weighted by atomic mass is 16.6. The highest BCUT2D eigenvalue weighted by Gasteiger charge is 2.20.